The lowest BCUT2D eigenvalue weighted by Crippen LogP contribution is -2.36. The molecule has 2 N–H and O–H groups in total. The molecule has 5 aromatic rings. The van der Waals surface area contributed by atoms with E-state index < -0.39 is 0 Å². The maximum atomic E-state index is 9.52. The van der Waals surface area contributed by atoms with Gasteiger partial charge in [-0.15, -0.1) is 0 Å². The fourth-order valence-electron chi connectivity index (χ4n) is 4.69. The highest BCUT2D eigenvalue weighted by molar-refractivity contribution is 7.98. The molecule has 3 aromatic carbocycles. The van der Waals surface area contributed by atoms with E-state index in [4.69, 9.17) is 15.5 Å². The van der Waals surface area contributed by atoms with E-state index in [1.807, 2.05) is 42.6 Å². The van der Waals surface area contributed by atoms with Crippen LogP contribution in [0, 0.1) is 11.3 Å². The summed E-state index contributed by atoms with van der Waals surface area (Å²) in [5.41, 5.74) is 13.1. The fraction of sp³-hybridized carbons (Fsp3) is 0.133. The first-order valence-corrected chi connectivity index (χ1v) is 13.0. The van der Waals surface area contributed by atoms with Crippen LogP contribution in [-0.4, -0.2) is 35.3 Å². The van der Waals surface area contributed by atoms with E-state index >= 15 is 0 Å². The minimum Gasteiger partial charge on any atom is -0.398 e. The van der Waals surface area contributed by atoms with Gasteiger partial charge in [0.05, 0.1) is 24.5 Å². The second-order valence-electron chi connectivity index (χ2n) is 8.88. The number of anilines is 2. The largest absolute Gasteiger partial charge is 0.398 e. The lowest BCUT2D eigenvalue weighted by molar-refractivity contribution is 0.122. The van der Waals surface area contributed by atoms with Gasteiger partial charge in [-0.1, -0.05) is 36.4 Å². The van der Waals surface area contributed by atoms with Crippen molar-refractivity contribution in [3.8, 4) is 28.5 Å². The predicted molar refractivity (Wildman–Crippen MR) is 150 cm³/mol. The van der Waals surface area contributed by atoms with E-state index in [0.29, 0.717) is 11.3 Å². The van der Waals surface area contributed by atoms with Gasteiger partial charge in [-0.2, -0.15) is 5.26 Å². The highest BCUT2D eigenvalue weighted by atomic mass is 32.2. The van der Waals surface area contributed by atoms with Crippen LogP contribution < -0.4 is 10.6 Å². The predicted octanol–water partition coefficient (Wildman–Crippen LogP) is 6.22. The van der Waals surface area contributed by atoms with Crippen molar-refractivity contribution >= 4 is 34.4 Å². The van der Waals surface area contributed by atoms with Crippen LogP contribution in [0.5, 0.6) is 0 Å². The van der Waals surface area contributed by atoms with Crippen molar-refractivity contribution in [3.63, 3.8) is 0 Å². The van der Waals surface area contributed by atoms with Gasteiger partial charge in [-0.3, -0.25) is 3.97 Å². The Balaban J connectivity index is 1.49. The summed E-state index contributed by atoms with van der Waals surface area (Å²) in [4.78, 5) is 8.27. The smallest absolute Gasteiger partial charge is 0.151 e. The summed E-state index contributed by atoms with van der Waals surface area (Å²) in [6.45, 7) is 3.33. The molecule has 1 aliphatic rings. The zero-order valence-electron chi connectivity index (χ0n) is 20.2. The molecule has 1 fully saturated rings. The molecular weight excluding hydrogens is 478 g/mol. The van der Waals surface area contributed by atoms with Gasteiger partial charge >= 0.3 is 0 Å². The van der Waals surface area contributed by atoms with Gasteiger partial charge in [-0.05, 0) is 77.2 Å². The van der Waals surface area contributed by atoms with Gasteiger partial charge in [0, 0.05) is 40.9 Å². The first kappa shape index (κ1) is 23.2. The summed E-state index contributed by atoms with van der Waals surface area (Å²) in [5.74, 6) is 0. The third-order valence-corrected chi connectivity index (χ3v) is 7.66. The normalized spacial score (nSPS) is 13.5. The molecular formula is C30H25N5OS. The molecule has 0 aliphatic carbocycles. The fourth-order valence-corrected chi connectivity index (χ4v) is 5.67. The number of hydrogen-bond acceptors (Lipinski definition) is 6. The summed E-state index contributed by atoms with van der Waals surface area (Å²) in [6.07, 6.45) is 1.83. The Morgan fingerprint density at radius 3 is 2.41 bits per heavy atom. The Bertz CT molecular complexity index is 1600. The maximum absolute atomic E-state index is 9.52. The zero-order valence-corrected chi connectivity index (χ0v) is 21.0. The van der Waals surface area contributed by atoms with Crippen molar-refractivity contribution in [2.24, 2.45) is 0 Å². The highest BCUT2D eigenvalue weighted by Crippen LogP contribution is 2.39. The van der Waals surface area contributed by atoms with E-state index in [1.54, 1.807) is 18.0 Å². The molecule has 6 rings (SSSR count). The monoisotopic (exact) mass is 503 g/mol. The minimum atomic E-state index is 0.472. The third kappa shape index (κ3) is 4.53. The van der Waals surface area contributed by atoms with Crippen molar-refractivity contribution in [2.75, 3.05) is 36.9 Å². The number of aromatic nitrogens is 2. The van der Waals surface area contributed by atoms with E-state index in [2.05, 4.69) is 57.4 Å². The van der Waals surface area contributed by atoms with Crippen molar-refractivity contribution in [2.45, 2.75) is 4.90 Å². The second kappa shape index (κ2) is 10.0. The average molecular weight is 504 g/mol. The molecule has 0 unspecified atom stereocenters. The first-order valence-electron chi connectivity index (χ1n) is 12.2. The summed E-state index contributed by atoms with van der Waals surface area (Å²) >= 11 is 1.65. The van der Waals surface area contributed by atoms with E-state index in [1.165, 1.54) is 5.69 Å². The Morgan fingerprint density at radius 1 is 0.892 bits per heavy atom. The van der Waals surface area contributed by atoms with Crippen molar-refractivity contribution in [3.05, 3.63) is 96.7 Å². The van der Waals surface area contributed by atoms with Gasteiger partial charge in [-0.25, -0.2) is 4.98 Å². The topological polar surface area (TPSA) is 80.1 Å². The molecule has 7 heteroatoms. The third-order valence-electron chi connectivity index (χ3n) is 6.63. The second-order valence-corrected chi connectivity index (χ2v) is 9.90. The molecule has 37 heavy (non-hydrogen) atoms. The van der Waals surface area contributed by atoms with Crippen LogP contribution in [0.15, 0.2) is 96.0 Å². The van der Waals surface area contributed by atoms with Crippen LogP contribution in [0.25, 0.3) is 33.4 Å². The number of nitrogen functional groups attached to an aromatic ring is 1. The molecule has 0 spiro atoms. The molecule has 6 nitrogen and oxygen atoms in total. The standard InChI is InChI=1S/C30H25N5OS/c31-20-23-18-22(8-11-28(23)32)26-12-13-33-30-27(26)19-29(35(30)37-25-4-2-1-3-5-25)21-6-9-24(10-7-21)34-14-16-36-17-15-34/h1-13,18-19H,14-17,32H2. The first-order chi connectivity index (χ1) is 18.2. The minimum absolute atomic E-state index is 0.472. The Hall–Kier alpha value is -4.25. The van der Waals surface area contributed by atoms with E-state index in [0.717, 1.165) is 64.6 Å². The van der Waals surface area contributed by atoms with Gasteiger partial charge < -0.3 is 15.4 Å². The number of rotatable bonds is 5. The molecule has 0 atom stereocenters. The van der Waals surface area contributed by atoms with Gasteiger partial charge in [0.2, 0.25) is 0 Å². The molecule has 182 valence electrons. The van der Waals surface area contributed by atoms with Crippen molar-refractivity contribution in [1.82, 2.24) is 8.96 Å². The maximum Gasteiger partial charge on any atom is 0.151 e. The number of pyridine rings is 1. The highest BCUT2D eigenvalue weighted by Gasteiger charge is 2.18. The number of ether oxygens (including phenoxy) is 1. The Morgan fingerprint density at radius 2 is 1.65 bits per heavy atom. The average Bonchev–Trinajstić information content (AvgIpc) is 3.33. The van der Waals surface area contributed by atoms with Crippen LogP contribution in [0.4, 0.5) is 11.4 Å². The molecule has 0 bridgehead atoms. The number of nitriles is 1. The SMILES string of the molecule is N#Cc1cc(-c2ccnc3c2cc(-c2ccc(N4CCOCC4)cc2)n3Sc2ccccc2)ccc1N. The summed E-state index contributed by atoms with van der Waals surface area (Å²) in [6, 6.07) is 31.0. The molecule has 3 heterocycles. The van der Waals surface area contributed by atoms with Crippen LogP contribution in [0.2, 0.25) is 0 Å². The number of hydrogen-bond donors (Lipinski definition) is 1. The molecule has 1 aliphatic heterocycles. The quantitative estimate of drug-likeness (QED) is 0.287. The Labute approximate surface area is 220 Å². The Kier molecular flexibility index (Phi) is 6.27. The molecule has 0 radical (unpaired) electrons. The van der Waals surface area contributed by atoms with E-state index in [-0.39, 0.29) is 0 Å². The molecule has 0 amide bonds. The lowest BCUT2D eigenvalue weighted by Gasteiger charge is -2.28. The number of morpholine rings is 1. The number of benzene rings is 3. The number of nitrogens with two attached hydrogens (primary N) is 1. The summed E-state index contributed by atoms with van der Waals surface area (Å²) in [5, 5.41) is 10.5. The number of fused-ring (bicyclic) bond motifs is 1. The summed E-state index contributed by atoms with van der Waals surface area (Å²) < 4.78 is 7.70. The van der Waals surface area contributed by atoms with Crippen LogP contribution in [0.1, 0.15) is 5.56 Å². The molecule has 2 aromatic heterocycles. The summed E-state index contributed by atoms with van der Waals surface area (Å²) in [7, 11) is 0. The number of nitrogens with zero attached hydrogens (tertiary/aromatic N) is 4. The molecule has 0 saturated carbocycles. The van der Waals surface area contributed by atoms with Crippen LogP contribution >= 0.6 is 11.9 Å². The van der Waals surface area contributed by atoms with Gasteiger partial charge in [0.1, 0.15) is 6.07 Å². The van der Waals surface area contributed by atoms with Crippen LogP contribution in [0.3, 0.4) is 0 Å². The zero-order chi connectivity index (χ0) is 25.2. The van der Waals surface area contributed by atoms with Crippen LogP contribution in [-0.2, 0) is 4.74 Å². The molecule has 1 saturated heterocycles. The van der Waals surface area contributed by atoms with Crippen molar-refractivity contribution in [1.29, 1.82) is 5.26 Å². The lowest BCUT2D eigenvalue weighted by atomic mass is 10.0. The van der Waals surface area contributed by atoms with Gasteiger partial charge in [0.25, 0.3) is 0 Å². The van der Waals surface area contributed by atoms with Gasteiger partial charge in [0.15, 0.2) is 5.65 Å². The van der Waals surface area contributed by atoms with Crippen molar-refractivity contribution < 1.29 is 4.74 Å². The van der Waals surface area contributed by atoms with E-state index in [9.17, 15) is 5.26 Å².